The van der Waals surface area contributed by atoms with Crippen molar-refractivity contribution in [3.8, 4) is 0 Å². The highest BCUT2D eigenvalue weighted by Crippen LogP contribution is 2.62. The van der Waals surface area contributed by atoms with Crippen LogP contribution in [0.4, 0.5) is 0 Å². The summed E-state index contributed by atoms with van der Waals surface area (Å²) in [7, 11) is -1.74. The van der Waals surface area contributed by atoms with Crippen molar-refractivity contribution < 1.29 is 4.43 Å². The molecule has 0 N–H and O–H groups in total. The lowest BCUT2D eigenvalue weighted by Crippen LogP contribution is -2.50. The fraction of sp³-hybridized carbons (Fsp3) is 0.600. The van der Waals surface area contributed by atoms with E-state index < -0.39 is 8.32 Å². The lowest BCUT2D eigenvalue weighted by Gasteiger charge is -2.52. The molecule has 2 saturated carbocycles. The first kappa shape index (κ1) is 26.9. The van der Waals surface area contributed by atoms with Gasteiger partial charge < -0.3 is 4.43 Å². The Hall–Kier alpha value is -1.64. The van der Waals surface area contributed by atoms with Crippen LogP contribution in [0.1, 0.15) is 101 Å². The maximum atomic E-state index is 7.11. The second-order valence-corrected chi connectivity index (χ2v) is 18.9. The van der Waals surface area contributed by atoms with E-state index in [1.165, 1.54) is 62.5 Å². The van der Waals surface area contributed by atoms with Crippen molar-refractivity contribution in [2.24, 2.45) is 17.3 Å². The molecule has 37 heavy (non-hydrogen) atoms. The zero-order chi connectivity index (χ0) is 26.3. The Morgan fingerprint density at radius 3 is 2.54 bits per heavy atom. The summed E-state index contributed by atoms with van der Waals surface area (Å²) in [5.41, 5.74) is 6.57. The van der Waals surface area contributed by atoms with E-state index in [1.54, 1.807) is 11.1 Å². The number of allylic oxidation sites excluding steroid dienone is 1. The summed E-state index contributed by atoms with van der Waals surface area (Å²) in [5, 5.41) is 0.290. The molecule has 0 aliphatic heterocycles. The average Bonchev–Trinajstić information content (AvgIpc) is 3.19. The average molecular weight is 515 g/mol. The van der Waals surface area contributed by atoms with Crippen LogP contribution < -0.4 is 0 Å². The standard InChI is InChI=1S/C35H50OSi/c1-34(2,3)37(5,6)36-33-22-21-32-31-20-18-28-25-27(16-12-8-11-15-26-13-9-7-10-14-26)17-19-29(28)30(31)23-24-35(32,33)4/h7,9-11,13-15,17,19,25,30-33H,8,12,16,18,20-24H2,1-6H3/b15-11+/t30-,31-,32+,33+,35+/m1/s1. The van der Waals surface area contributed by atoms with Gasteiger partial charge in [-0.15, -0.1) is 0 Å². The predicted octanol–water partition coefficient (Wildman–Crippen LogP) is 9.97. The zero-order valence-electron chi connectivity index (χ0n) is 24.4. The predicted molar refractivity (Wildman–Crippen MR) is 162 cm³/mol. The van der Waals surface area contributed by atoms with Gasteiger partial charge in [0.2, 0.25) is 0 Å². The molecule has 0 radical (unpaired) electrons. The number of hydrogen-bond acceptors (Lipinski definition) is 1. The number of benzene rings is 2. The molecule has 2 aromatic carbocycles. The number of aryl methyl sites for hydroxylation is 2. The molecule has 0 heterocycles. The SMILES string of the molecule is CC(C)(C)[Si](C)(C)O[C@H]1CC[C@H]2[C@@H]3CCc4cc(CCC/C=C/c5ccccc5)ccc4[C@H]3CC[C@]12C. The van der Waals surface area contributed by atoms with Crippen LogP contribution in [0.2, 0.25) is 18.1 Å². The molecule has 2 aromatic rings. The second kappa shape index (κ2) is 10.5. The maximum absolute atomic E-state index is 7.11. The normalized spacial score (nSPS) is 29.7. The maximum Gasteiger partial charge on any atom is 0.192 e. The van der Waals surface area contributed by atoms with Gasteiger partial charge in [-0.25, -0.2) is 0 Å². The Balaban J connectivity index is 1.21. The van der Waals surface area contributed by atoms with Crippen molar-refractivity contribution in [3.63, 3.8) is 0 Å². The van der Waals surface area contributed by atoms with Gasteiger partial charge in [0.15, 0.2) is 8.32 Å². The first-order chi connectivity index (χ1) is 17.6. The van der Waals surface area contributed by atoms with Crippen molar-refractivity contribution in [3.05, 3.63) is 76.9 Å². The molecule has 0 amide bonds. The Bertz CT molecular complexity index is 1090. The third-order valence-corrected chi connectivity index (χ3v) is 15.4. The lowest BCUT2D eigenvalue weighted by molar-refractivity contribution is -0.0164. The molecule has 0 unspecified atom stereocenters. The molecule has 2 fully saturated rings. The molecule has 0 bridgehead atoms. The van der Waals surface area contributed by atoms with Gasteiger partial charge in [-0.3, -0.25) is 0 Å². The molecule has 2 heteroatoms. The van der Waals surface area contributed by atoms with E-state index in [1.807, 2.05) is 0 Å². The number of fused-ring (bicyclic) bond motifs is 5. The summed E-state index contributed by atoms with van der Waals surface area (Å²) >= 11 is 0. The van der Waals surface area contributed by atoms with Crippen molar-refractivity contribution in [2.45, 2.75) is 116 Å². The van der Waals surface area contributed by atoms with Gasteiger partial charge in [-0.2, -0.15) is 0 Å². The van der Waals surface area contributed by atoms with Gasteiger partial charge >= 0.3 is 0 Å². The Labute approximate surface area is 228 Å². The van der Waals surface area contributed by atoms with Crippen LogP contribution in [0.3, 0.4) is 0 Å². The highest BCUT2D eigenvalue weighted by Gasteiger charge is 2.56. The van der Waals surface area contributed by atoms with Gasteiger partial charge in [-0.05, 0) is 121 Å². The van der Waals surface area contributed by atoms with E-state index in [2.05, 4.69) is 101 Å². The van der Waals surface area contributed by atoms with Crippen LogP contribution in [0.25, 0.3) is 6.08 Å². The molecule has 5 atom stereocenters. The van der Waals surface area contributed by atoms with Crippen LogP contribution in [-0.2, 0) is 17.3 Å². The summed E-state index contributed by atoms with van der Waals surface area (Å²) in [4.78, 5) is 0. The Morgan fingerprint density at radius 1 is 1.00 bits per heavy atom. The fourth-order valence-electron chi connectivity index (χ4n) is 7.68. The minimum Gasteiger partial charge on any atom is -0.413 e. The van der Waals surface area contributed by atoms with Crippen molar-refractivity contribution in [2.75, 3.05) is 0 Å². The third kappa shape index (κ3) is 5.43. The molecule has 0 saturated heterocycles. The highest BCUT2D eigenvalue weighted by atomic mass is 28.4. The van der Waals surface area contributed by atoms with Crippen molar-refractivity contribution in [1.29, 1.82) is 0 Å². The molecular weight excluding hydrogens is 464 g/mol. The topological polar surface area (TPSA) is 9.23 Å². The van der Waals surface area contributed by atoms with Gasteiger partial charge in [0.1, 0.15) is 0 Å². The van der Waals surface area contributed by atoms with E-state index in [0.29, 0.717) is 11.5 Å². The minimum atomic E-state index is -1.74. The zero-order valence-corrected chi connectivity index (χ0v) is 25.4. The van der Waals surface area contributed by atoms with Crippen LogP contribution in [0.15, 0.2) is 54.6 Å². The van der Waals surface area contributed by atoms with Crippen LogP contribution >= 0.6 is 0 Å². The smallest absolute Gasteiger partial charge is 0.192 e. The Kier molecular flexibility index (Phi) is 7.64. The molecule has 200 valence electrons. The molecule has 3 aliphatic carbocycles. The summed E-state index contributed by atoms with van der Waals surface area (Å²) in [6.45, 7) is 14.7. The fourth-order valence-corrected chi connectivity index (χ4v) is 9.13. The monoisotopic (exact) mass is 514 g/mol. The first-order valence-electron chi connectivity index (χ1n) is 15.1. The minimum absolute atomic E-state index is 0.290. The lowest BCUT2D eigenvalue weighted by atomic mass is 9.55. The summed E-state index contributed by atoms with van der Waals surface area (Å²) < 4.78 is 7.11. The van der Waals surface area contributed by atoms with Gasteiger partial charge in [0, 0.05) is 0 Å². The molecule has 3 aliphatic rings. The van der Waals surface area contributed by atoms with Crippen LogP contribution in [0, 0.1) is 17.3 Å². The summed E-state index contributed by atoms with van der Waals surface area (Å²) in [5.74, 6) is 2.47. The second-order valence-electron chi connectivity index (χ2n) is 14.1. The number of unbranched alkanes of at least 4 members (excludes halogenated alkanes) is 1. The largest absolute Gasteiger partial charge is 0.413 e. The summed E-state index contributed by atoms with van der Waals surface area (Å²) in [6, 6.07) is 18.2. The molecule has 1 nitrogen and oxygen atoms in total. The van der Waals surface area contributed by atoms with Gasteiger partial charge in [-0.1, -0.05) is 88.4 Å². The van der Waals surface area contributed by atoms with Gasteiger partial charge in [0.05, 0.1) is 6.10 Å². The van der Waals surface area contributed by atoms with Crippen LogP contribution in [-0.4, -0.2) is 14.4 Å². The van der Waals surface area contributed by atoms with E-state index >= 15 is 0 Å². The molecule has 0 spiro atoms. The molecule has 5 rings (SSSR count). The van der Waals surface area contributed by atoms with Crippen molar-refractivity contribution >= 4 is 14.4 Å². The van der Waals surface area contributed by atoms with E-state index in [-0.39, 0.29) is 5.04 Å². The number of rotatable bonds is 7. The van der Waals surface area contributed by atoms with Crippen LogP contribution in [0.5, 0.6) is 0 Å². The van der Waals surface area contributed by atoms with E-state index in [0.717, 1.165) is 24.2 Å². The Morgan fingerprint density at radius 2 is 1.78 bits per heavy atom. The molecule has 0 aromatic heterocycles. The first-order valence-corrected chi connectivity index (χ1v) is 18.0. The quantitative estimate of drug-likeness (QED) is 0.264. The summed E-state index contributed by atoms with van der Waals surface area (Å²) in [6.07, 6.45) is 16.6. The van der Waals surface area contributed by atoms with E-state index in [9.17, 15) is 0 Å². The van der Waals surface area contributed by atoms with Gasteiger partial charge in [0.25, 0.3) is 0 Å². The highest BCUT2D eigenvalue weighted by molar-refractivity contribution is 6.74. The van der Waals surface area contributed by atoms with Crippen molar-refractivity contribution in [1.82, 2.24) is 0 Å². The van der Waals surface area contributed by atoms with E-state index in [4.69, 9.17) is 4.43 Å². The molecular formula is C35H50OSi. The third-order valence-electron chi connectivity index (χ3n) is 10.9. The number of hydrogen-bond donors (Lipinski definition) is 0.